The second kappa shape index (κ2) is 6.07. The zero-order valence-electron chi connectivity index (χ0n) is 11.2. The average molecular weight is 253 g/mol. The predicted molar refractivity (Wildman–Crippen MR) is 69.2 cm³/mol. The zero-order valence-corrected chi connectivity index (χ0v) is 11.2. The summed E-state index contributed by atoms with van der Waals surface area (Å²) >= 11 is 0. The number of hydrogen-bond acceptors (Lipinski definition) is 2. The van der Waals surface area contributed by atoms with Gasteiger partial charge in [-0.3, -0.25) is 4.79 Å². The van der Waals surface area contributed by atoms with Crippen molar-refractivity contribution < 1.29 is 9.59 Å². The molecule has 5 heteroatoms. The molecule has 2 fully saturated rings. The van der Waals surface area contributed by atoms with E-state index in [0.29, 0.717) is 19.5 Å². The van der Waals surface area contributed by atoms with Crippen LogP contribution in [0.1, 0.15) is 39.0 Å². The minimum absolute atomic E-state index is 0.00748. The van der Waals surface area contributed by atoms with Crippen molar-refractivity contribution in [2.24, 2.45) is 0 Å². The summed E-state index contributed by atoms with van der Waals surface area (Å²) in [6, 6.07) is -0.229. The molecule has 0 aromatic carbocycles. The van der Waals surface area contributed by atoms with Gasteiger partial charge in [0.1, 0.15) is 6.04 Å². The molecule has 2 aliphatic rings. The Balaban J connectivity index is 2.03. The normalized spacial score (nSPS) is 25.6. The van der Waals surface area contributed by atoms with E-state index in [4.69, 9.17) is 0 Å². The van der Waals surface area contributed by atoms with Crippen molar-refractivity contribution in [3.63, 3.8) is 0 Å². The Labute approximate surface area is 108 Å². The maximum absolute atomic E-state index is 12.5. The van der Waals surface area contributed by atoms with Gasteiger partial charge in [0.2, 0.25) is 5.91 Å². The minimum Gasteiger partial charge on any atom is -0.353 e. The zero-order chi connectivity index (χ0) is 13.0. The number of hydrogen-bond donors (Lipinski definition) is 1. The molecule has 0 aromatic heterocycles. The van der Waals surface area contributed by atoms with Crippen molar-refractivity contribution in [2.45, 2.75) is 45.1 Å². The smallest absolute Gasteiger partial charge is 0.320 e. The van der Waals surface area contributed by atoms with Gasteiger partial charge >= 0.3 is 6.03 Å². The van der Waals surface area contributed by atoms with Gasteiger partial charge in [-0.05, 0) is 19.3 Å². The van der Waals surface area contributed by atoms with Crippen LogP contribution in [0.4, 0.5) is 4.79 Å². The topological polar surface area (TPSA) is 52.7 Å². The van der Waals surface area contributed by atoms with Crippen LogP contribution in [0, 0.1) is 0 Å². The molecule has 2 aliphatic heterocycles. The van der Waals surface area contributed by atoms with E-state index in [-0.39, 0.29) is 18.0 Å². The molecule has 1 unspecified atom stereocenters. The summed E-state index contributed by atoms with van der Waals surface area (Å²) in [4.78, 5) is 27.9. The molecular weight excluding hydrogens is 230 g/mol. The molecule has 0 radical (unpaired) electrons. The largest absolute Gasteiger partial charge is 0.353 e. The summed E-state index contributed by atoms with van der Waals surface area (Å²) in [5.41, 5.74) is 0. The molecule has 0 spiro atoms. The Morgan fingerprint density at radius 1 is 1.22 bits per heavy atom. The van der Waals surface area contributed by atoms with Crippen LogP contribution in [0.2, 0.25) is 0 Å². The number of urea groups is 1. The number of carbonyl (C=O) groups is 2. The van der Waals surface area contributed by atoms with Crippen LogP contribution in [-0.4, -0.2) is 54.0 Å². The van der Waals surface area contributed by atoms with Gasteiger partial charge in [-0.15, -0.1) is 0 Å². The maximum atomic E-state index is 12.5. The molecule has 2 rings (SSSR count). The van der Waals surface area contributed by atoms with Crippen LogP contribution >= 0.6 is 0 Å². The number of nitrogens with one attached hydrogen (secondary N) is 1. The van der Waals surface area contributed by atoms with E-state index in [1.165, 1.54) is 12.8 Å². The monoisotopic (exact) mass is 253 g/mol. The molecule has 2 saturated heterocycles. The molecule has 18 heavy (non-hydrogen) atoms. The molecule has 2 heterocycles. The molecular formula is C13H23N3O2. The number of likely N-dealkylation sites (tertiary alicyclic amines) is 1. The van der Waals surface area contributed by atoms with E-state index in [2.05, 4.69) is 5.32 Å². The van der Waals surface area contributed by atoms with Crippen molar-refractivity contribution in [1.29, 1.82) is 0 Å². The first-order valence-electron chi connectivity index (χ1n) is 7.07. The molecule has 0 bridgehead atoms. The van der Waals surface area contributed by atoms with Crippen LogP contribution in [0.3, 0.4) is 0 Å². The first-order chi connectivity index (χ1) is 8.74. The van der Waals surface area contributed by atoms with E-state index >= 15 is 0 Å². The summed E-state index contributed by atoms with van der Waals surface area (Å²) in [5.74, 6) is -0.00748. The van der Waals surface area contributed by atoms with Gasteiger partial charge in [-0.1, -0.05) is 19.8 Å². The second-order valence-corrected chi connectivity index (χ2v) is 5.09. The molecule has 0 saturated carbocycles. The highest BCUT2D eigenvalue weighted by molar-refractivity contribution is 5.88. The Morgan fingerprint density at radius 2 is 1.89 bits per heavy atom. The van der Waals surface area contributed by atoms with Crippen LogP contribution in [0.25, 0.3) is 0 Å². The van der Waals surface area contributed by atoms with Crippen LogP contribution < -0.4 is 5.32 Å². The van der Waals surface area contributed by atoms with Crippen LogP contribution in [-0.2, 0) is 4.79 Å². The third-order valence-corrected chi connectivity index (χ3v) is 3.84. The van der Waals surface area contributed by atoms with E-state index in [9.17, 15) is 9.59 Å². The summed E-state index contributed by atoms with van der Waals surface area (Å²) in [7, 11) is 0. The van der Waals surface area contributed by atoms with Gasteiger partial charge in [0.25, 0.3) is 0 Å². The fourth-order valence-electron chi connectivity index (χ4n) is 2.79. The first kappa shape index (κ1) is 13.2. The van der Waals surface area contributed by atoms with E-state index in [1.807, 2.05) is 11.8 Å². The summed E-state index contributed by atoms with van der Waals surface area (Å²) < 4.78 is 0. The number of piperazine rings is 1. The van der Waals surface area contributed by atoms with Gasteiger partial charge in [-0.2, -0.15) is 0 Å². The predicted octanol–water partition coefficient (Wildman–Crippen LogP) is 1.19. The number of amides is 3. The Bertz CT molecular complexity index is 311. The second-order valence-electron chi connectivity index (χ2n) is 5.09. The van der Waals surface area contributed by atoms with E-state index < -0.39 is 0 Å². The third kappa shape index (κ3) is 2.76. The fourth-order valence-corrected chi connectivity index (χ4v) is 2.79. The maximum Gasteiger partial charge on any atom is 0.320 e. The first-order valence-corrected chi connectivity index (χ1v) is 7.07. The Kier molecular flexibility index (Phi) is 4.44. The highest BCUT2D eigenvalue weighted by Gasteiger charge is 2.33. The Hall–Kier alpha value is -1.26. The lowest BCUT2D eigenvalue weighted by Gasteiger charge is -2.37. The highest BCUT2D eigenvalue weighted by Crippen LogP contribution is 2.15. The fraction of sp³-hybridized carbons (Fsp3) is 0.846. The number of carbonyl (C=O) groups excluding carboxylic acids is 2. The lowest BCUT2D eigenvalue weighted by Crippen LogP contribution is -2.59. The highest BCUT2D eigenvalue weighted by atomic mass is 16.2. The van der Waals surface area contributed by atoms with Crippen molar-refractivity contribution >= 4 is 11.9 Å². The summed E-state index contributed by atoms with van der Waals surface area (Å²) in [6.07, 6.45) is 5.28. The molecule has 102 valence electrons. The SMILES string of the molecule is CCC1C(=O)NCCN1C(=O)N1CCCCCC1. The van der Waals surface area contributed by atoms with Crippen LogP contribution in [0.5, 0.6) is 0 Å². The Morgan fingerprint density at radius 3 is 2.50 bits per heavy atom. The minimum atomic E-state index is -0.283. The van der Waals surface area contributed by atoms with Gasteiger partial charge in [0.05, 0.1) is 0 Å². The third-order valence-electron chi connectivity index (χ3n) is 3.84. The molecule has 0 aromatic rings. The number of rotatable bonds is 1. The van der Waals surface area contributed by atoms with Crippen molar-refractivity contribution in [2.75, 3.05) is 26.2 Å². The van der Waals surface area contributed by atoms with E-state index in [1.54, 1.807) is 4.90 Å². The van der Waals surface area contributed by atoms with Gasteiger partial charge < -0.3 is 15.1 Å². The molecule has 0 aliphatic carbocycles. The quantitative estimate of drug-likeness (QED) is 0.763. The van der Waals surface area contributed by atoms with Gasteiger partial charge in [0, 0.05) is 26.2 Å². The van der Waals surface area contributed by atoms with Gasteiger partial charge in [0.15, 0.2) is 0 Å². The average Bonchev–Trinajstić information content (AvgIpc) is 2.66. The summed E-state index contributed by atoms with van der Waals surface area (Å²) in [6.45, 7) is 4.85. The van der Waals surface area contributed by atoms with Gasteiger partial charge in [-0.25, -0.2) is 4.79 Å². The van der Waals surface area contributed by atoms with E-state index in [0.717, 1.165) is 25.9 Å². The molecule has 1 N–H and O–H groups in total. The molecule has 1 atom stereocenters. The van der Waals surface area contributed by atoms with Crippen molar-refractivity contribution in [3.05, 3.63) is 0 Å². The summed E-state index contributed by atoms with van der Waals surface area (Å²) in [5, 5.41) is 2.83. The van der Waals surface area contributed by atoms with Crippen molar-refractivity contribution in [3.8, 4) is 0 Å². The number of nitrogens with zero attached hydrogens (tertiary/aromatic N) is 2. The van der Waals surface area contributed by atoms with Crippen LogP contribution in [0.15, 0.2) is 0 Å². The standard InChI is InChI=1S/C13H23N3O2/c1-2-11-12(17)14-7-10-16(11)13(18)15-8-5-3-4-6-9-15/h11H,2-10H2,1H3,(H,14,17). The molecule has 3 amide bonds. The lowest BCUT2D eigenvalue weighted by atomic mass is 10.1. The van der Waals surface area contributed by atoms with Crippen molar-refractivity contribution in [1.82, 2.24) is 15.1 Å². The molecule has 5 nitrogen and oxygen atoms in total. The lowest BCUT2D eigenvalue weighted by molar-refractivity contribution is -0.127.